The van der Waals surface area contributed by atoms with Crippen LogP contribution in [0, 0.1) is 0 Å². The van der Waals surface area contributed by atoms with Crippen LogP contribution in [0.1, 0.15) is 19.3 Å². The van der Waals surface area contributed by atoms with Gasteiger partial charge in [0, 0.05) is 12.3 Å². The fourth-order valence-electron chi connectivity index (χ4n) is 0.800. The van der Waals surface area contributed by atoms with Crippen molar-refractivity contribution < 1.29 is 28.7 Å². The lowest BCUT2D eigenvalue weighted by Gasteiger charge is -2.16. The van der Waals surface area contributed by atoms with E-state index in [1.54, 1.807) is 0 Å². The third-order valence-corrected chi connectivity index (χ3v) is 3.14. The van der Waals surface area contributed by atoms with Crippen LogP contribution in [0.25, 0.3) is 0 Å². The molecule has 0 heterocycles. The minimum atomic E-state index is -4.21. The Morgan fingerprint density at radius 2 is 1.15 bits per heavy atom. The summed E-state index contributed by atoms with van der Waals surface area (Å²) in [4.78, 5) is 37.0. The average Bonchev–Trinajstić information content (AvgIpc) is 1.81. The van der Waals surface area contributed by atoms with Crippen LogP contribution in [-0.4, -0.2) is 22.1 Å². The van der Waals surface area contributed by atoms with Crippen LogP contribution in [0.2, 0.25) is 0 Å². The van der Waals surface area contributed by atoms with Gasteiger partial charge < -0.3 is 28.7 Å². The Bertz CT molecular complexity index is 203. The van der Waals surface area contributed by atoms with Gasteiger partial charge >= 0.3 is 0 Å². The van der Waals surface area contributed by atoms with Crippen molar-refractivity contribution in [1.29, 1.82) is 0 Å². The molecule has 2 N–H and O–H groups in total. The van der Waals surface area contributed by atoms with Crippen molar-refractivity contribution in [2.75, 3.05) is 12.3 Å². The molecule has 0 aromatic carbocycles. The van der Waals surface area contributed by atoms with Gasteiger partial charge in [-0.1, -0.05) is 6.42 Å². The van der Waals surface area contributed by atoms with Crippen LogP contribution in [0.5, 0.6) is 0 Å². The molecule has 80 valence electrons. The molecule has 0 aliphatic rings. The lowest BCUT2D eigenvalue weighted by Crippen LogP contribution is -2.05. The standard InChI is InChI=1S/C5H14O6P2/c6-12(7,8)4-2-1-3-5-13(9,10)11/h1-5H2,(H2,6,7,8)(H2,9,10,11)/p-2. The predicted molar refractivity (Wildman–Crippen MR) is 43.2 cm³/mol. The van der Waals surface area contributed by atoms with Crippen LogP contribution in [0.15, 0.2) is 0 Å². The largest absolute Gasteiger partial charge is 0.779 e. The van der Waals surface area contributed by atoms with Crippen LogP contribution in [-0.2, 0) is 9.13 Å². The van der Waals surface area contributed by atoms with E-state index in [4.69, 9.17) is 9.79 Å². The first-order chi connectivity index (χ1) is 5.71. The maximum absolute atomic E-state index is 10.2. The van der Waals surface area contributed by atoms with Crippen molar-refractivity contribution in [2.45, 2.75) is 19.3 Å². The van der Waals surface area contributed by atoms with Crippen LogP contribution < -0.4 is 9.79 Å². The molecule has 0 aliphatic heterocycles. The molecule has 0 bridgehead atoms. The van der Waals surface area contributed by atoms with Crippen molar-refractivity contribution in [3.8, 4) is 0 Å². The second-order valence-corrected chi connectivity index (χ2v) is 6.23. The third-order valence-electron chi connectivity index (χ3n) is 1.38. The maximum atomic E-state index is 10.2. The van der Waals surface area contributed by atoms with Crippen molar-refractivity contribution in [2.24, 2.45) is 0 Å². The first kappa shape index (κ1) is 13.3. The minimum Gasteiger partial charge on any atom is -0.779 e. The van der Waals surface area contributed by atoms with Gasteiger partial charge in [-0.25, -0.2) is 0 Å². The zero-order chi connectivity index (χ0) is 10.5. The van der Waals surface area contributed by atoms with E-state index >= 15 is 0 Å². The summed E-state index contributed by atoms with van der Waals surface area (Å²) in [5.41, 5.74) is 0. The van der Waals surface area contributed by atoms with Crippen LogP contribution in [0.3, 0.4) is 0 Å². The Labute approximate surface area is 76.3 Å². The average molecular weight is 230 g/mol. The molecule has 0 rings (SSSR count). The van der Waals surface area contributed by atoms with Gasteiger partial charge in [0.1, 0.15) is 15.2 Å². The molecular formula is C5H12O6P2-2. The molecule has 0 saturated carbocycles. The number of hydrogen-bond acceptors (Lipinski definition) is 4. The van der Waals surface area contributed by atoms with E-state index in [9.17, 15) is 18.9 Å². The fourth-order valence-corrected chi connectivity index (χ4v) is 2.05. The van der Waals surface area contributed by atoms with E-state index in [0.717, 1.165) is 0 Å². The molecule has 0 aliphatic carbocycles. The zero-order valence-electron chi connectivity index (χ0n) is 6.96. The molecule has 13 heavy (non-hydrogen) atoms. The highest BCUT2D eigenvalue weighted by Crippen LogP contribution is 2.32. The SMILES string of the molecule is O=P([O-])(O)CCCCCP(=O)([O-])O. The van der Waals surface area contributed by atoms with Gasteiger partial charge in [0.2, 0.25) is 0 Å². The summed E-state index contributed by atoms with van der Waals surface area (Å²) < 4.78 is 20.4. The molecule has 0 amide bonds. The second kappa shape index (κ2) is 5.25. The first-order valence-corrected chi connectivity index (χ1v) is 7.29. The van der Waals surface area contributed by atoms with Crippen molar-refractivity contribution in [3.63, 3.8) is 0 Å². The molecule has 2 unspecified atom stereocenters. The van der Waals surface area contributed by atoms with Crippen molar-refractivity contribution >= 4 is 15.2 Å². The van der Waals surface area contributed by atoms with Crippen LogP contribution >= 0.6 is 15.2 Å². The lowest BCUT2D eigenvalue weighted by molar-refractivity contribution is -0.194. The number of unbranched alkanes of at least 4 members (excludes halogenated alkanes) is 2. The molecule has 6 nitrogen and oxygen atoms in total. The molecule has 0 aromatic heterocycles. The summed E-state index contributed by atoms with van der Waals surface area (Å²) >= 11 is 0. The predicted octanol–water partition coefficient (Wildman–Crippen LogP) is -0.752. The van der Waals surface area contributed by atoms with E-state index in [0.29, 0.717) is 6.42 Å². The Kier molecular flexibility index (Phi) is 5.37. The summed E-state index contributed by atoms with van der Waals surface area (Å²) in [6, 6.07) is 0. The Morgan fingerprint density at radius 3 is 1.38 bits per heavy atom. The third kappa shape index (κ3) is 12.3. The van der Waals surface area contributed by atoms with E-state index in [-0.39, 0.29) is 25.2 Å². The number of rotatable bonds is 6. The van der Waals surface area contributed by atoms with Gasteiger partial charge in [0.25, 0.3) is 0 Å². The molecular weight excluding hydrogens is 218 g/mol. The van der Waals surface area contributed by atoms with Gasteiger partial charge in [0.05, 0.1) is 0 Å². The van der Waals surface area contributed by atoms with Crippen LogP contribution in [0.4, 0.5) is 0 Å². The monoisotopic (exact) mass is 230 g/mol. The Morgan fingerprint density at radius 1 is 0.846 bits per heavy atom. The van der Waals surface area contributed by atoms with E-state index in [1.165, 1.54) is 0 Å². The van der Waals surface area contributed by atoms with Gasteiger partial charge in [0.15, 0.2) is 0 Å². The summed E-state index contributed by atoms with van der Waals surface area (Å²) in [5, 5.41) is 0. The van der Waals surface area contributed by atoms with Gasteiger partial charge in [-0.15, -0.1) is 0 Å². The van der Waals surface area contributed by atoms with Gasteiger partial charge in [-0.05, 0) is 12.8 Å². The molecule has 0 radical (unpaired) electrons. The minimum absolute atomic E-state index is 0.206. The molecule has 2 atom stereocenters. The lowest BCUT2D eigenvalue weighted by atomic mass is 10.3. The zero-order valence-corrected chi connectivity index (χ0v) is 8.75. The normalized spacial score (nSPS) is 20.6. The van der Waals surface area contributed by atoms with Gasteiger partial charge in [-0.3, -0.25) is 0 Å². The van der Waals surface area contributed by atoms with Crippen molar-refractivity contribution in [1.82, 2.24) is 0 Å². The quantitative estimate of drug-likeness (QED) is 0.457. The molecule has 0 spiro atoms. The Balaban J connectivity index is 3.39. The first-order valence-electron chi connectivity index (χ1n) is 3.76. The molecule has 8 heteroatoms. The summed E-state index contributed by atoms with van der Waals surface area (Å²) in [5.74, 6) is 0. The maximum Gasteiger partial charge on any atom is 0.132 e. The highest BCUT2D eigenvalue weighted by Gasteiger charge is 2.03. The number of hydrogen-bond donors (Lipinski definition) is 2. The van der Waals surface area contributed by atoms with Crippen molar-refractivity contribution in [3.05, 3.63) is 0 Å². The highest BCUT2D eigenvalue weighted by atomic mass is 31.2. The smallest absolute Gasteiger partial charge is 0.132 e. The summed E-state index contributed by atoms with van der Waals surface area (Å²) in [6.07, 6.45) is 0.0668. The van der Waals surface area contributed by atoms with E-state index in [1.807, 2.05) is 0 Å². The highest BCUT2D eigenvalue weighted by molar-refractivity contribution is 7.50. The second-order valence-electron chi connectivity index (χ2n) is 2.78. The topological polar surface area (TPSA) is 121 Å². The summed E-state index contributed by atoms with van der Waals surface area (Å²) in [7, 11) is -8.41. The summed E-state index contributed by atoms with van der Waals surface area (Å²) in [6.45, 7) is 0. The molecule has 0 saturated heterocycles. The van der Waals surface area contributed by atoms with E-state index < -0.39 is 15.2 Å². The fraction of sp³-hybridized carbons (Fsp3) is 1.00. The van der Waals surface area contributed by atoms with Gasteiger partial charge in [-0.2, -0.15) is 0 Å². The molecule has 0 fully saturated rings. The molecule has 0 aromatic rings. The Hall–Kier alpha value is 0.300. The van der Waals surface area contributed by atoms with E-state index in [2.05, 4.69) is 0 Å².